The van der Waals surface area contributed by atoms with E-state index in [9.17, 15) is 18.0 Å². The molecule has 0 unspecified atom stereocenters. The van der Waals surface area contributed by atoms with Crippen LogP contribution in [0.3, 0.4) is 0 Å². The standard InChI is InChI=1S/C27H25F3N2O/c1-20(2)31-26(33)32(18-23-7-4-3-5-8-23)19-24-10-6-9-22(17-24)12-11-21-13-15-25(16-14-21)27(28,29)30/h3-10,13-17,20H,18-19H2,1-2H3,(H,31,33). The van der Waals surface area contributed by atoms with Gasteiger partial charge in [-0.2, -0.15) is 13.2 Å². The molecule has 3 nitrogen and oxygen atoms in total. The molecule has 2 amide bonds. The molecule has 0 bridgehead atoms. The lowest BCUT2D eigenvalue weighted by Crippen LogP contribution is -2.42. The van der Waals surface area contributed by atoms with Gasteiger partial charge in [-0.3, -0.25) is 0 Å². The van der Waals surface area contributed by atoms with Crippen LogP contribution >= 0.6 is 0 Å². The fourth-order valence-electron chi connectivity index (χ4n) is 3.20. The van der Waals surface area contributed by atoms with Crippen molar-refractivity contribution >= 4 is 6.03 Å². The topological polar surface area (TPSA) is 32.3 Å². The largest absolute Gasteiger partial charge is 0.416 e. The van der Waals surface area contributed by atoms with Crippen LogP contribution in [-0.4, -0.2) is 17.0 Å². The number of carbonyl (C=O) groups excluding carboxylic acids is 1. The molecular formula is C27H25F3N2O. The monoisotopic (exact) mass is 450 g/mol. The second-order valence-corrected chi connectivity index (χ2v) is 7.97. The third-order valence-electron chi connectivity index (χ3n) is 4.78. The molecule has 1 N–H and O–H groups in total. The number of amides is 2. The van der Waals surface area contributed by atoms with Crippen molar-refractivity contribution in [3.05, 3.63) is 107 Å². The fraction of sp³-hybridized carbons (Fsp3) is 0.222. The number of nitrogens with one attached hydrogen (secondary N) is 1. The van der Waals surface area contributed by atoms with Gasteiger partial charge < -0.3 is 10.2 Å². The zero-order valence-electron chi connectivity index (χ0n) is 18.5. The Bertz CT molecular complexity index is 1130. The summed E-state index contributed by atoms with van der Waals surface area (Å²) in [6.07, 6.45) is -4.37. The Balaban J connectivity index is 1.76. The van der Waals surface area contributed by atoms with Crippen molar-refractivity contribution in [3.63, 3.8) is 0 Å². The summed E-state index contributed by atoms with van der Waals surface area (Å²) in [6, 6.07) is 21.9. The Morgan fingerprint density at radius 2 is 1.45 bits per heavy atom. The van der Waals surface area contributed by atoms with Crippen molar-refractivity contribution < 1.29 is 18.0 Å². The highest BCUT2D eigenvalue weighted by Gasteiger charge is 2.29. The molecule has 0 radical (unpaired) electrons. The van der Waals surface area contributed by atoms with E-state index in [2.05, 4.69) is 17.2 Å². The second kappa shape index (κ2) is 10.7. The van der Waals surface area contributed by atoms with Crippen LogP contribution in [0.15, 0.2) is 78.9 Å². The molecule has 0 heterocycles. The maximum atomic E-state index is 12.8. The van der Waals surface area contributed by atoms with Crippen LogP contribution in [-0.2, 0) is 19.3 Å². The first kappa shape index (κ1) is 23.9. The predicted octanol–water partition coefficient (Wildman–Crippen LogP) is 6.23. The molecule has 3 aromatic rings. The van der Waals surface area contributed by atoms with E-state index in [1.807, 2.05) is 68.4 Å². The molecule has 3 rings (SSSR count). The molecule has 0 aliphatic heterocycles. The summed E-state index contributed by atoms with van der Waals surface area (Å²) in [5.41, 5.74) is 2.44. The third kappa shape index (κ3) is 7.43. The van der Waals surface area contributed by atoms with Gasteiger partial charge in [-0.05, 0) is 61.4 Å². The van der Waals surface area contributed by atoms with Crippen molar-refractivity contribution in [1.82, 2.24) is 10.2 Å². The SMILES string of the molecule is CC(C)NC(=O)N(Cc1ccccc1)Cc1cccc(C#Cc2ccc(C(F)(F)F)cc2)c1. The van der Waals surface area contributed by atoms with Crippen LogP contribution in [0, 0.1) is 11.8 Å². The lowest BCUT2D eigenvalue weighted by atomic mass is 10.1. The van der Waals surface area contributed by atoms with Gasteiger partial charge in [-0.25, -0.2) is 4.79 Å². The molecule has 33 heavy (non-hydrogen) atoms. The van der Waals surface area contributed by atoms with Crippen LogP contribution in [0.1, 0.15) is 41.7 Å². The second-order valence-electron chi connectivity index (χ2n) is 7.97. The van der Waals surface area contributed by atoms with Gasteiger partial charge in [0.05, 0.1) is 5.56 Å². The van der Waals surface area contributed by atoms with Gasteiger partial charge in [0.15, 0.2) is 0 Å². The molecule has 0 aromatic heterocycles. The maximum Gasteiger partial charge on any atom is 0.416 e. The van der Waals surface area contributed by atoms with E-state index in [1.54, 1.807) is 4.90 Å². The van der Waals surface area contributed by atoms with Crippen LogP contribution in [0.2, 0.25) is 0 Å². The highest BCUT2D eigenvalue weighted by Crippen LogP contribution is 2.29. The smallest absolute Gasteiger partial charge is 0.336 e. The lowest BCUT2D eigenvalue weighted by molar-refractivity contribution is -0.137. The Morgan fingerprint density at radius 1 is 0.848 bits per heavy atom. The minimum absolute atomic E-state index is 0.0108. The third-order valence-corrected chi connectivity index (χ3v) is 4.78. The number of nitrogens with zero attached hydrogens (tertiary/aromatic N) is 1. The number of halogens is 3. The maximum absolute atomic E-state index is 12.8. The van der Waals surface area contributed by atoms with E-state index in [0.29, 0.717) is 18.7 Å². The van der Waals surface area contributed by atoms with Gasteiger partial charge in [0.2, 0.25) is 0 Å². The van der Waals surface area contributed by atoms with Gasteiger partial charge in [0.1, 0.15) is 0 Å². The highest BCUT2D eigenvalue weighted by molar-refractivity contribution is 5.74. The lowest BCUT2D eigenvalue weighted by Gasteiger charge is -2.25. The number of rotatable bonds is 5. The van der Waals surface area contributed by atoms with Crippen molar-refractivity contribution in [3.8, 4) is 11.8 Å². The molecule has 170 valence electrons. The summed E-state index contributed by atoms with van der Waals surface area (Å²) in [5.74, 6) is 5.89. The summed E-state index contributed by atoms with van der Waals surface area (Å²) < 4.78 is 38.1. The van der Waals surface area contributed by atoms with Crippen LogP contribution in [0.25, 0.3) is 0 Å². The Hall–Kier alpha value is -3.72. The van der Waals surface area contributed by atoms with Gasteiger partial charge >= 0.3 is 12.2 Å². The summed E-state index contributed by atoms with van der Waals surface area (Å²) in [4.78, 5) is 14.5. The molecular weight excluding hydrogens is 425 g/mol. The van der Waals surface area contributed by atoms with Gasteiger partial charge in [-0.1, -0.05) is 54.3 Å². The Morgan fingerprint density at radius 3 is 2.09 bits per heavy atom. The molecule has 0 fully saturated rings. The van der Waals surface area contributed by atoms with Gasteiger partial charge in [0.25, 0.3) is 0 Å². The zero-order valence-corrected chi connectivity index (χ0v) is 18.5. The van der Waals surface area contributed by atoms with Crippen molar-refractivity contribution in [2.24, 2.45) is 0 Å². The predicted molar refractivity (Wildman–Crippen MR) is 123 cm³/mol. The molecule has 0 saturated carbocycles. The summed E-state index contributed by atoms with van der Waals surface area (Å²) in [7, 11) is 0. The van der Waals surface area contributed by atoms with Gasteiger partial charge in [0, 0.05) is 30.3 Å². The molecule has 0 atom stereocenters. The summed E-state index contributed by atoms with van der Waals surface area (Å²) >= 11 is 0. The molecule has 3 aromatic carbocycles. The average molecular weight is 451 g/mol. The minimum Gasteiger partial charge on any atom is -0.336 e. The van der Waals surface area contributed by atoms with Crippen LogP contribution < -0.4 is 5.32 Å². The molecule has 0 spiro atoms. The molecule has 0 aliphatic carbocycles. The number of benzene rings is 3. The Kier molecular flexibility index (Phi) is 7.78. The van der Waals surface area contributed by atoms with E-state index in [0.717, 1.165) is 28.8 Å². The van der Waals surface area contributed by atoms with E-state index < -0.39 is 11.7 Å². The number of carbonyl (C=O) groups is 1. The fourth-order valence-corrected chi connectivity index (χ4v) is 3.20. The average Bonchev–Trinajstić information content (AvgIpc) is 2.77. The molecule has 6 heteroatoms. The molecule has 0 saturated heterocycles. The van der Waals surface area contributed by atoms with Crippen molar-refractivity contribution in [2.45, 2.75) is 39.2 Å². The number of urea groups is 1. The van der Waals surface area contributed by atoms with Crippen LogP contribution in [0.5, 0.6) is 0 Å². The van der Waals surface area contributed by atoms with E-state index >= 15 is 0 Å². The van der Waals surface area contributed by atoms with E-state index in [-0.39, 0.29) is 12.1 Å². The summed E-state index contributed by atoms with van der Waals surface area (Å²) in [5, 5.41) is 2.94. The first-order chi connectivity index (χ1) is 15.7. The van der Waals surface area contributed by atoms with E-state index in [1.165, 1.54) is 12.1 Å². The highest BCUT2D eigenvalue weighted by atomic mass is 19.4. The zero-order chi connectivity index (χ0) is 23.8. The van der Waals surface area contributed by atoms with Crippen molar-refractivity contribution in [2.75, 3.05) is 0 Å². The van der Waals surface area contributed by atoms with Crippen molar-refractivity contribution in [1.29, 1.82) is 0 Å². The summed E-state index contributed by atoms with van der Waals surface area (Å²) in [6.45, 7) is 4.68. The number of hydrogen-bond acceptors (Lipinski definition) is 1. The van der Waals surface area contributed by atoms with Crippen LogP contribution in [0.4, 0.5) is 18.0 Å². The quantitative estimate of drug-likeness (QED) is 0.460. The number of alkyl halides is 3. The first-order valence-corrected chi connectivity index (χ1v) is 10.6. The van der Waals surface area contributed by atoms with Gasteiger partial charge in [-0.15, -0.1) is 0 Å². The Labute approximate surface area is 192 Å². The number of hydrogen-bond donors (Lipinski definition) is 1. The normalized spacial score (nSPS) is 11.0. The molecule has 0 aliphatic rings. The first-order valence-electron chi connectivity index (χ1n) is 10.6. The van der Waals surface area contributed by atoms with E-state index in [4.69, 9.17) is 0 Å². The minimum atomic E-state index is -4.37.